The van der Waals surface area contributed by atoms with Gasteiger partial charge < -0.3 is 5.32 Å². The van der Waals surface area contributed by atoms with Crippen LogP contribution in [0.5, 0.6) is 0 Å². The van der Waals surface area contributed by atoms with Gasteiger partial charge in [0.1, 0.15) is 0 Å². The van der Waals surface area contributed by atoms with Gasteiger partial charge in [0.25, 0.3) is 5.91 Å². The van der Waals surface area contributed by atoms with Crippen LogP contribution in [0.3, 0.4) is 0 Å². The first-order chi connectivity index (χ1) is 4.26. The molecule has 0 aromatic carbocycles. The quantitative estimate of drug-likeness (QED) is 0.301. The second-order valence-corrected chi connectivity index (χ2v) is 1.14. The number of nitroso groups, excluding NO2 is 1. The summed E-state index contributed by atoms with van der Waals surface area (Å²) in [6, 6.07) is 0. The van der Waals surface area contributed by atoms with Gasteiger partial charge in [-0.2, -0.15) is 0 Å². The number of nitrogens with zero attached hydrogens (tertiary/aromatic N) is 1. The van der Waals surface area contributed by atoms with E-state index in [0.717, 1.165) is 0 Å². The molecule has 9 heavy (non-hydrogen) atoms. The molecule has 0 heterocycles. The lowest BCUT2D eigenvalue weighted by molar-refractivity contribution is -0.116. The molecule has 0 saturated carbocycles. The van der Waals surface area contributed by atoms with Gasteiger partial charge in [0.05, 0.1) is 0 Å². The molecule has 0 rings (SSSR count). The van der Waals surface area contributed by atoms with Crippen LogP contribution < -0.4 is 5.32 Å². The summed E-state index contributed by atoms with van der Waals surface area (Å²) in [5, 5.41) is 10.7. The average Bonchev–Trinajstić information content (AvgIpc) is 1.90. The molecule has 0 aromatic heterocycles. The second kappa shape index (κ2) is 3.51. The Bertz CT molecular complexity index is 180. The highest BCUT2D eigenvalue weighted by molar-refractivity contribution is 6.00. The maximum Gasteiger partial charge on any atom is 0.282 e. The molecule has 48 valence electrons. The Morgan fingerprint density at radius 2 is 2.33 bits per heavy atom. The van der Waals surface area contributed by atoms with Crippen LogP contribution in [0.1, 0.15) is 0 Å². The molecule has 5 nitrogen and oxygen atoms in total. The zero-order valence-corrected chi connectivity index (χ0v) is 4.76. The van der Waals surface area contributed by atoms with Gasteiger partial charge >= 0.3 is 0 Å². The summed E-state index contributed by atoms with van der Waals surface area (Å²) in [5.74, 6) is 0.883. The minimum atomic E-state index is -0.694. The van der Waals surface area contributed by atoms with Crippen molar-refractivity contribution in [2.45, 2.75) is 0 Å². The van der Waals surface area contributed by atoms with Crippen molar-refractivity contribution in [1.82, 2.24) is 5.32 Å². The molecule has 1 amide bonds. The predicted octanol–water partition coefficient (Wildman–Crippen LogP) is -0.369. The van der Waals surface area contributed by atoms with E-state index in [0.29, 0.717) is 0 Å². The van der Waals surface area contributed by atoms with Gasteiger partial charge in [-0.15, -0.1) is 4.91 Å². The van der Waals surface area contributed by atoms with Crippen molar-refractivity contribution < 1.29 is 4.79 Å². The first-order valence-electron chi connectivity index (χ1n) is 2.11. The highest BCUT2D eigenvalue weighted by Crippen LogP contribution is 1.86. The van der Waals surface area contributed by atoms with Crippen LogP contribution in [-0.4, -0.2) is 18.8 Å². The van der Waals surface area contributed by atoms with Crippen molar-refractivity contribution in [3.8, 4) is 0 Å². The van der Waals surface area contributed by atoms with Crippen LogP contribution >= 0.6 is 0 Å². The topological polar surface area (TPSA) is 82.4 Å². The molecule has 0 fully saturated rings. The van der Waals surface area contributed by atoms with Crippen molar-refractivity contribution in [2.75, 3.05) is 7.05 Å². The summed E-state index contributed by atoms with van der Waals surface area (Å²) in [4.78, 5) is 20.0. The van der Waals surface area contributed by atoms with E-state index >= 15 is 0 Å². The monoisotopic (exact) mass is 127 g/mol. The standard InChI is InChI=1S/C4H5N3O2/c1-6-4(8)3(2-5)7-9/h5H,1H3,(H,6,8). The van der Waals surface area contributed by atoms with Crippen LogP contribution in [0.2, 0.25) is 0 Å². The van der Waals surface area contributed by atoms with E-state index in [1.165, 1.54) is 7.05 Å². The molecule has 5 heteroatoms. The van der Waals surface area contributed by atoms with Crippen molar-refractivity contribution in [2.24, 2.45) is 5.18 Å². The molecule has 0 aliphatic rings. The zero-order chi connectivity index (χ0) is 7.28. The lowest BCUT2D eigenvalue weighted by Crippen LogP contribution is -2.19. The third-order valence-corrected chi connectivity index (χ3v) is 0.652. The summed E-state index contributed by atoms with van der Waals surface area (Å²) in [5.41, 5.74) is -0.544. The number of carbonyl (C=O) groups is 1. The first kappa shape index (κ1) is 7.52. The predicted molar refractivity (Wildman–Crippen MR) is 31.1 cm³/mol. The van der Waals surface area contributed by atoms with Crippen LogP contribution in [0.15, 0.2) is 10.9 Å². The lowest BCUT2D eigenvalue weighted by atomic mass is 10.5. The molecule has 0 aromatic rings. The number of carbonyl (C=O) groups excluding carboxylic acids is 1. The Hall–Kier alpha value is -1.48. The summed E-state index contributed by atoms with van der Waals surface area (Å²) >= 11 is 0. The van der Waals surface area contributed by atoms with Crippen LogP contribution in [0, 0.1) is 10.3 Å². The molecule has 0 aliphatic heterocycles. The van der Waals surface area contributed by atoms with E-state index in [9.17, 15) is 9.70 Å². The fourth-order valence-corrected chi connectivity index (χ4v) is 0.239. The molecule has 0 bridgehead atoms. The van der Waals surface area contributed by atoms with Crippen molar-refractivity contribution in [1.29, 1.82) is 5.41 Å². The molecule has 0 saturated heterocycles. The highest BCUT2D eigenvalue weighted by Gasteiger charge is 2.04. The molecule has 2 N–H and O–H groups in total. The molecule has 0 spiro atoms. The van der Waals surface area contributed by atoms with Gasteiger partial charge in [-0.1, -0.05) is 0 Å². The Morgan fingerprint density at radius 3 is 2.44 bits per heavy atom. The fraction of sp³-hybridized carbons (Fsp3) is 0.250. The van der Waals surface area contributed by atoms with Crippen molar-refractivity contribution in [3.05, 3.63) is 10.6 Å². The maximum atomic E-state index is 10.3. The number of rotatable bonds is 2. The van der Waals surface area contributed by atoms with E-state index in [-0.39, 0.29) is 0 Å². The Labute approximate surface area is 51.2 Å². The van der Waals surface area contributed by atoms with E-state index in [4.69, 9.17) is 5.41 Å². The molecule has 0 radical (unpaired) electrons. The summed E-state index contributed by atoms with van der Waals surface area (Å²) in [6.07, 6.45) is 0. The second-order valence-electron chi connectivity index (χ2n) is 1.14. The molecular formula is C4H5N3O2. The molecular weight excluding hydrogens is 122 g/mol. The molecule has 0 unspecified atom stereocenters. The average molecular weight is 127 g/mol. The van der Waals surface area contributed by atoms with Gasteiger partial charge in [-0.3, -0.25) is 10.2 Å². The SMILES string of the molecule is CNC(=O)C(=C=N)N=O. The normalized spacial score (nSPS) is 7.22. The Kier molecular flexibility index (Phi) is 2.94. The van der Waals surface area contributed by atoms with E-state index in [1.807, 2.05) is 0 Å². The molecule has 0 atom stereocenters. The summed E-state index contributed by atoms with van der Waals surface area (Å²) in [7, 11) is 1.34. The smallest absolute Gasteiger partial charge is 0.282 e. The van der Waals surface area contributed by atoms with Gasteiger partial charge in [0.2, 0.25) is 5.70 Å². The van der Waals surface area contributed by atoms with Gasteiger partial charge in [-0.25, -0.2) is 0 Å². The number of amides is 1. The Balaban J connectivity index is 4.32. The van der Waals surface area contributed by atoms with Gasteiger partial charge in [0.15, 0.2) is 0 Å². The Morgan fingerprint density at radius 1 is 1.78 bits per heavy atom. The number of nitrogens with one attached hydrogen (secondary N) is 2. The van der Waals surface area contributed by atoms with Crippen molar-refractivity contribution in [3.63, 3.8) is 0 Å². The van der Waals surface area contributed by atoms with Crippen molar-refractivity contribution >= 4 is 11.8 Å². The van der Waals surface area contributed by atoms with E-state index in [1.54, 1.807) is 5.87 Å². The third-order valence-electron chi connectivity index (χ3n) is 0.652. The fourth-order valence-electron chi connectivity index (χ4n) is 0.239. The van der Waals surface area contributed by atoms with Crippen LogP contribution in [0.25, 0.3) is 0 Å². The van der Waals surface area contributed by atoms with Crippen LogP contribution in [0.4, 0.5) is 0 Å². The lowest BCUT2D eigenvalue weighted by Gasteiger charge is -1.88. The minimum absolute atomic E-state index is 0.544. The first-order valence-corrected chi connectivity index (χ1v) is 2.11. The third kappa shape index (κ3) is 1.84. The number of hydrogen-bond donors (Lipinski definition) is 2. The largest absolute Gasteiger partial charge is 0.353 e. The number of likely N-dealkylation sites (N-methyl/N-ethyl adjacent to an activating group) is 1. The van der Waals surface area contributed by atoms with Gasteiger partial charge in [0, 0.05) is 12.9 Å². The maximum absolute atomic E-state index is 10.3. The summed E-state index contributed by atoms with van der Waals surface area (Å²) < 4.78 is 0. The minimum Gasteiger partial charge on any atom is -0.353 e. The van der Waals surface area contributed by atoms with E-state index in [2.05, 4.69) is 10.5 Å². The number of hydrogen-bond acceptors (Lipinski definition) is 4. The highest BCUT2D eigenvalue weighted by atomic mass is 16.3. The molecule has 0 aliphatic carbocycles. The van der Waals surface area contributed by atoms with E-state index < -0.39 is 11.6 Å². The zero-order valence-electron chi connectivity index (χ0n) is 4.76. The van der Waals surface area contributed by atoms with Gasteiger partial charge in [-0.05, 0) is 5.18 Å². The van der Waals surface area contributed by atoms with Crippen LogP contribution in [-0.2, 0) is 4.79 Å². The summed E-state index contributed by atoms with van der Waals surface area (Å²) in [6.45, 7) is 0.